The third-order valence-electron chi connectivity index (χ3n) is 3.27. The molecule has 1 saturated carbocycles. The molecule has 0 aliphatic heterocycles. The standard InChI is InChI=1S/C14H17NO3S/c1-14(8-9-14)11-15-19(17,18)13-7-3-2-5-12(13)6-4-10-16/h2-3,5,7,15-16H,8-11H2,1H3. The molecule has 0 unspecified atom stereocenters. The molecule has 102 valence electrons. The Morgan fingerprint density at radius 3 is 2.68 bits per heavy atom. The van der Waals surface area contributed by atoms with Crippen LogP contribution in [0.3, 0.4) is 0 Å². The third kappa shape index (κ3) is 3.57. The maximum atomic E-state index is 12.2. The van der Waals surface area contributed by atoms with Crippen LogP contribution in [0.4, 0.5) is 0 Å². The lowest BCUT2D eigenvalue weighted by Gasteiger charge is -2.11. The predicted octanol–water partition coefficient (Wildman–Crippen LogP) is 1.11. The Hall–Kier alpha value is -1.35. The summed E-state index contributed by atoms with van der Waals surface area (Å²) >= 11 is 0. The van der Waals surface area contributed by atoms with Gasteiger partial charge < -0.3 is 5.11 Å². The fourth-order valence-corrected chi connectivity index (χ4v) is 3.04. The lowest BCUT2D eigenvalue weighted by atomic mass is 10.2. The molecule has 1 aromatic carbocycles. The van der Waals surface area contributed by atoms with Gasteiger partial charge in [-0.3, -0.25) is 0 Å². The van der Waals surface area contributed by atoms with Crippen molar-refractivity contribution in [1.82, 2.24) is 4.72 Å². The van der Waals surface area contributed by atoms with Gasteiger partial charge in [-0.2, -0.15) is 0 Å². The van der Waals surface area contributed by atoms with Gasteiger partial charge >= 0.3 is 0 Å². The summed E-state index contributed by atoms with van der Waals surface area (Å²) in [4.78, 5) is 0.167. The SMILES string of the molecule is CC1(CNS(=O)(=O)c2ccccc2C#CCO)CC1. The number of nitrogens with one attached hydrogen (secondary N) is 1. The summed E-state index contributed by atoms with van der Waals surface area (Å²) in [5.41, 5.74) is 0.517. The lowest BCUT2D eigenvalue weighted by Crippen LogP contribution is -2.29. The molecule has 19 heavy (non-hydrogen) atoms. The molecule has 0 heterocycles. The quantitative estimate of drug-likeness (QED) is 0.811. The van der Waals surface area contributed by atoms with Crippen molar-refractivity contribution in [2.24, 2.45) is 5.41 Å². The Labute approximate surface area is 113 Å². The maximum absolute atomic E-state index is 12.2. The van der Waals surface area contributed by atoms with Crippen molar-refractivity contribution in [2.75, 3.05) is 13.2 Å². The minimum absolute atomic E-state index is 0.110. The molecule has 5 heteroatoms. The van der Waals surface area contributed by atoms with Gasteiger partial charge in [-0.1, -0.05) is 30.9 Å². The molecular formula is C14H17NO3S. The Bertz CT molecular complexity index is 622. The number of benzene rings is 1. The summed E-state index contributed by atoms with van der Waals surface area (Å²) in [6.45, 7) is 2.23. The molecular weight excluding hydrogens is 262 g/mol. The van der Waals surface area contributed by atoms with Gasteiger partial charge in [-0.25, -0.2) is 13.1 Å². The van der Waals surface area contributed by atoms with Crippen LogP contribution >= 0.6 is 0 Å². The van der Waals surface area contributed by atoms with E-state index in [1.807, 2.05) is 0 Å². The van der Waals surface area contributed by atoms with Gasteiger partial charge in [0.15, 0.2) is 0 Å². The van der Waals surface area contributed by atoms with Crippen LogP contribution in [0.15, 0.2) is 29.2 Å². The Kier molecular flexibility index (Phi) is 3.95. The highest BCUT2D eigenvalue weighted by Gasteiger charge is 2.38. The molecule has 4 nitrogen and oxygen atoms in total. The first-order valence-corrected chi connectivity index (χ1v) is 7.64. The van der Waals surface area contributed by atoms with Crippen molar-refractivity contribution in [2.45, 2.75) is 24.7 Å². The maximum Gasteiger partial charge on any atom is 0.241 e. The zero-order valence-corrected chi connectivity index (χ0v) is 11.6. The van der Waals surface area contributed by atoms with E-state index in [-0.39, 0.29) is 16.9 Å². The normalized spacial score (nSPS) is 16.5. The van der Waals surface area contributed by atoms with E-state index in [9.17, 15) is 8.42 Å². The first-order chi connectivity index (χ1) is 8.97. The van der Waals surface area contributed by atoms with Crippen molar-refractivity contribution < 1.29 is 13.5 Å². The van der Waals surface area contributed by atoms with Gasteiger partial charge in [0.1, 0.15) is 6.61 Å². The molecule has 2 N–H and O–H groups in total. The summed E-state index contributed by atoms with van der Waals surface area (Å²) in [7, 11) is -3.55. The number of sulfonamides is 1. The van der Waals surface area contributed by atoms with E-state index in [0.29, 0.717) is 12.1 Å². The van der Waals surface area contributed by atoms with E-state index < -0.39 is 10.0 Å². The average molecular weight is 279 g/mol. The highest BCUT2D eigenvalue weighted by Crippen LogP contribution is 2.44. The fraction of sp³-hybridized carbons (Fsp3) is 0.429. The Morgan fingerprint density at radius 2 is 2.05 bits per heavy atom. The molecule has 0 bridgehead atoms. The van der Waals surface area contributed by atoms with Crippen molar-refractivity contribution in [3.8, 4) is 11.8 Å². The summed E-state index contributed by atoms with van der Waals surface area (Å²) in [5.74, 6) is 5.14. The molecule has 0 radical (unpaired) electrons. The molecule has 1 fully saturated rings. The van der Waals surface area contributed by atoms with Crippen LogP contribution in [0.1, 0.15) is 25.3 Å². The number of aliphatic hydroxyl groups excluding tert-OH is 1. The van der Waals surface area contributed by atoms with Gasteiger partial charge in [0.2, 0.25) is 10.0 Å². The minimum atomic E-state index is -3.55. The zero-order chi connectivity index (χ0) is 13.9. The topological polar surface area (TPSA) is 66.4 Å². The second-order valence-electron chi connectivity index (χ2n) is 5.09. The van der Waals surface area contributed by atoms with Gasteiger partial charge in [0.05, 0.1) is 4.90 Å². The number of hydrogen-bond acceptors (Lipinski definition) is 3. The van der Waals surface area contributed by atoms with Crippen molar-refractivity contribution in [3.05, 3.63) is 29.8 Å². The van der Waals surface area contributed by atoms with E-state index >= 15 is 0 Å². The number of hydrogen-bond donors (Lipinski definition) is 2. The molecule has 1 aliphatic rings. The van der Waals surface area contributed by atoms with E-state index in [1.54, 1.807) is 18.2 Å². The fourth-order valence-electron chi connectivity index (χ4n) is 1.68. The van der Waals surface area contributed by atoms with Crippen LogP contribution in [0, 0.1) is 17.3 Å². The van der Waals surface area contributed by atoms with E-state index in [2.05, 4.69) is 23.5 Å². The van der Waals surface area contributed by atoms with Crippen molar-refractivity contribution >= 4 is 10.0 Å². The molecule has 0 saturated heterocycles. The summed E-state index contributed by atoms with van der Waals surface area (Å²) in [6.07, 6.45) is 2.11. The van der Waals surface area contributed by atoms with E-state index in [0.717, 1.165) is 12.8 Å². The van der Waals surface area contributed by atoms with Crippen LogP contribution in [0.25, 0.3) is 0 Å². The van der Waals surface area contributed by atoms with E-state index in [4.69, 9.17) is 5.11 Å². The van der Waals surface area contributed by atoms with Gasteiger partial charge in [-0.05, 0) is 30.4 Å². The molecule has 0 aromatic heterocycles. The van der Waals surface area contributed by atoms with Crippen LogP contribution in [0.2, 0.25) is 0 Å². The van der Waals surface area contributed by atoms with Crippen molar-refractivity contribution in [3.63, 3.8) is 0 Å². The predicted molar refractivity (Wildman–Crippen MR) is 72.9 cm³/mol. The Morgan fingerprint density at radius 1 is 1.37 bits per heavy atom. The summed E-state index contributed by atoms with van der Waals surface area (Å²) in [6, 6.07) is 6.55. The largest absolute Gasteiger partial charge is 0.384 e. The second-order valence-corrected chi connectivity index (χ2v) is 6.83. The zero-order valence-electron chi connectivity index (χ0n) is 10.8. The van der Waals surface area contributed by atoms with Crippen molar-refractivity contribution in [1.29, 1.82) is 0 Å². The first-order valence-electron chi connectivity index (χ1n) is 6.15. The number of aliphatic hydroxyl groups is 1. The molecule has 0 spiro atoms. The second kappa shape index (κ2) is 5.33. The highest BCUT2D eigenvalue weighted by atomic mass is 32.2. The third-order valence-corrected chi connectivity index (χ3v) is 4.73. The van der Waals surface area contributed by atoms with Crippen LogP contribution in [0.5, 0.6) is 0 Å². The monoisotopic (exact) mass is 279 g/mol. The molecule has 1 aromatic rings. The van der Waals surface area contributed by atoms with Gasteiger partial charge in [0, 0.05) is 12.1 Å². The molecule has 1 aliphatic carbocycles. The first kappa shape index (κ1) is 14.1. The van der Waals surface area contributed by atoms with Gasteiger partial charge in [-0.15, -0.1) is 0 Å². The molecule has 0 atom stereocenters. The van der Waals surface area contributed by atoms with Crippen LogP contribution in [-0.4, -0.2) is 26.7 Å². The van der Waals surface area contributed by atoms with Crippen LogP contribution in [-0.2, 0) is 10.0 Å². The highest BCUT2D eigenvalue weighted by molar-refractivity contribution is 7.89. The smallest absolute Gasteiger partial charge is 0.241 e. The Balaban J connectivity index is 2.24. The average Bonchev–Trinajstić information content (AvgIpc) is 3.13. The minimum Gasteiger partial charge on any atom is -0.384 e. The molecule has 0 amide bonds. The van der Waals surface area contributed by atoms with Gasteiger partial charge in [0.25, 0.3) is 0 Å². The summed E-state index contributed by atoms with van der Waals surface area (Å²) < 4.78 is 27.1. The summed E-state index contributed by atoms with van der Waals surface area (Å²) in [5, 5.41) is 8.70. The number of rotatable bonds is 4. The lowest BCUT2D eigenvalue weighted by molar-refractivity contribution is 0.350. The molecule has 2 rings (SSSR count). The van der Waals surface area contributed by atoms with Crippen LogP contribution < -0.4 is 4.72 Å². The van der Waals surface area contributed by atoms with E-state index in [1.165, 1.54) is 6.07 Å².